The van der Waals surface area contributed by atoms with Crippen molar-refractivity contribution in [2.24, 2.45) is 0 Å². The molecule has 1 heterocycles. The van der Waals surface area contributed by atoms with E-state index >= 15 is 0 Å². The quantitative estimate of drug-likeness (QED) is 0.289. The molecule has 1 rings (SSSR count). The van der Waals surface area contributed by atoms with Crippen LogP contribution in [0.15, 0.2) is 12.5 Å². The van der Waals surface area contributed by atoms with E-state index in [-0.39, 0.29) is 12.2 Å². The molecule has 10 nitrogen and oxygen atoms in total. The van der Waals surface area contributed by atoms with Gasteiger partial charge in [-0.05, 0) is 6.92 Å². The maximum Gasteiger partial charge on any atom is 0.326 e. The Bertz CT molecular complexity index is 621. The number of H-pyrrole nitrogens is 1. The van der Waals surface area contributed by atoms with Crippen LogP contribution < -0.4 is 16.0 Å². The van der Waals surface area contributed by atoms with Gasteiger partial charge in [0, 0.05) is 31.0 Å². The van der Waals surface area contributed by atoms with Crippen LogP contribution in [-0.2, 0) is 25.6 Å². The van der Waals surface area contributed by atoms with Gasteiger partial charge in [-0.3, -0.25) is 14.4 Å². The fourth-order valence-electron chi connectivity index (χ4n) is 1.93. The Hall–Kier alpha value is -2.56. The van der Waals surface area contributed by atoms with Gasteiger partial charge in [-0.15, -0.1) is 0 Å². The van der Waals surface area contributed by atoms with E-state index in [9.17, 15) is 24.3 Å². The zero-order valence-electron chi connectivity index (χ0n) is 13.8. The van der Waals surface area contributed by atoms with E-state index < -0.39 is 41.8 Å². The van der Waals surface area contributed by atoms with Crippen LogP contribution in [0, 0.1) is 0 Å². The third-order valence-corrected chi connectivity index (χ3v) is 3.59. The topological polar surface area (TPSA) is 153 Å². The van der Waals surface area contributed by atoms with Crippen LogP contribution in [0.4, 0.5) is 0 Å². The number of nitrogens with zero attached hydrogens (tertiary/aromatic N) is 1. The van der Waals surface area contributed by atoms with Gasteiger partial charge >= 0.3 is 5.97 Å². The van der Waals surface area contributed by atoms with Gasteiger partial charge in [0.15, 0.2) is 0 Å². The standard InChI is InChI=1S/C14H21N5O5S/c1-7(17-13(22)11(5-25)18-8(2)20)12(21)19-10(14(23)24)3-9-4-15-6-16-9/h4,6-7,10-11,25H,3,5H2,1-2H3,(H,15,16)(H,17,22)(H,18,20)(H,19,21)(H,23,24)/t7-,10-,11-/m0/s1. The number of carbonyl (C=O) groups excluding carboxylic acids is 3. The Balaban J connectivity index is 2.62. The van der Waals surface area contributed by atoms with Gasteiger partial charge in [-0.1, -0.05) is 0 Å². The first-order valence-corrected chi connectivity index (χ1v) is 8.06. The summed E-state index contributed by atoms with van der Waals surface area (Å²) in [7, 11) is 0. The van der Waals surface area contributed by atoms with Gasteiger partial charge in [0.05, 0.1) is 6.33 Å². The molecule has 0 saturated carbocycles. The van der Waals surface area contributed by atoms with Crippen molar-refractivity contribution in [2.45, 2.75) is 38.4 Å². The average molecular weight is 371 g/mol. The number of hydrogen-bond donors (Lipinski definition) is 6. The molecule has 0 aliphatic heterocycles. The lowest BCUT2D eigenvalue weighted by Crippen LogP contribution is -2.55. The SMILES string of the molecule is CC(=O)N[C@@H](CS)C(=O)N[C@@H](C)C(=O)N[C@@H](Cc1cnc[nH]1)C(=O)O. The highest BCUT2D eigenvalue weighted by atomic mass is 32.1. The Kier molecular flexibility index (Phi) is 7.92. The number of imidazole rings is 1. The average Bonchev–Trinajstić information content (AvgIpc) is 3.04. The van der Waals surface area contributed by atoms with Gasteiger partial charge in [0.1, 0.15) is 18.1 Å². The molecular formula is C14H21N5O5S. The summed E-state index contributed by atoms with van der Waals surface area (Å²) in [6.07, 6.45) is 2.88. The first-order valence-electron chi connectivity index (χ1n) is 7.43. The van der Waals surface area contributed by atoms with Gasteiger partial charge in [-0.2, -0.15) is 12.6 Å². The number of carbonyl (C=O) groups is 4. The molecular weight excluding hydrogens is 350 g/mol. The molecule has 0 unspecified atom stereocenters. The number of aromatic amines is 1. The highest BCUT2D eigenvalue weighted by molar-refractivity contribution is 7.80. The van der Waals surface area contributed by atoms with Crippen molar-refractivity contribution in [3.63, 3.8) is 0 Å². The number of thiol groups is 1. The predicted molar refractivity (Wildman–Crippen MR) is 90.9 cm³/mol. The van der Waals surface area contributed by atoms with Crippen molar-refractivity contribution in [3.8, 4) is 0 Å². The predicted octanol–water partition coefficient (Wildman–Crippen LogP) is -1.54. The number of carboxylic acid groups (broad SMARTS) is 1. The minimum atomic E-state index is -1.21. The molecule has 11 heteroatoms. The number of rotatable bonds is 9. The summed E-state index contributed by atoms with van der Waals surface area (Å²) in [6, 6.07) is -3.06. The zero-order valence-corrected chi connectivity index (χ0v) is 14.7. The van der Waals surface area contributed by atoms with Gasteiger partial charge in [-0.25, -0.2) is 9.78 Å². The molecule has 0 radical (unpaired) electrons. The molecule has 0 aromatic carbocycles. The van der Waals surface area contributed by atoms with Gasteiger partial charge < -0.3 is 26.0 Å². The van der Waals surface area contributed by atoms with Crippen molar-refractivity contribution in [3.05, 3.63) is 18.2 Å². The summed E-state index contributed by atoms with van der Waals surface area (Å²) >= 11 is 3.97. The number of amides is 3. The molecule has 3 amide bonds. The van der Waals surface area contributed by atoms with Crippen LogP contribution in [0.5, 0.6) is 0 Å². The van der Waals surface area contributed by atoms with Crippen molar-refractivity contribution in [2.75, 3.05) is 5.75 Å². The summed E-state index contributed by atoms with van der Waals surface area (Å²) in [6.45, 7) is 2.67. The molecule has 0 aliphatic rings. The second-order valence-corrected chi connectivity index (χ2v) is 5.71. The number of aliphatic carboxylic acids is 1. The molecule has 138 valence electrons. The molecule has 1 aromatic heterocycles. The first kappa shape index (κ1) is 20.5. The molecule has 0 aliphatic carbocycles. The fraction of sp³-hybridized carbons (Fsp3) is 0.500. The highest BCUT2D eigenvalue weighted by Gasteiger charge is 2.26. The Morgan fingerprint density at radius 2 is 1.88 bits per heavy atom. The van der Waals surface area contributed by atoms with E-state index in [1.165, 1.54) is 26.4 Å². The third-order valence-electron chi connectivity index (χ3n) is 3.22. The van der Waals surface area contributed by atoms with Crippen LogP contribution in [0.2, 0.25) is 0 Å². The normalized spacial score (nSPS) is 14.0. The lowest BCUT2D eigenvalue weighted by Gasteiger charge is -2.21. The van der Waals surface area contributed by atoms with E-state index in [4.69, 9.17) is 0 Å². The zero-order chi connectivity index (χ0) is 19.0. The minimum absolute atomic E-state index is 0.0207. The molecule has 0 spiro atoms. The van der Waals surface area contributed by atoms with Crippen molar-refractivity contribution < 1.29 is 24.3 Å². The van der Waals surface area contributed by atoms with E-state index in [0.29, 0.717) is 5.69 Å². The summed E-state index contributed by atoms with van der Waals surface area (Å²) in [5, 5.41) is 16.4. The van der Waals surface area contributed by atoms with Crippen molar-refractivity contribution in [1.29, 1.82) is 0 Å². The Morgan fingerprint density at radius 1 is 1.20 bits per heavy atom. The molecule has 0 bridgehead atoms. The summed E-state index contributed by atoms with van der Waals surface area (Å²) in [5.41, 5.74) is 0.546. The van der Waals surface area contributed by atoms with E-state index in [0.717, 1.165) is 0 Å². The number of aromatic nitrogens is 2. The maximum atomic E-state index is 12.1. The van der Waals surface area contributed by atoms with Crippen LogP contribution in [-0.4, -0.2) is 62.6 Å². The van der Waals surface area contributed by atoms with Crippen LogP contribution in [0.3, 0.4) is 0 Å². The van der Waals surface area contributed by atoms with Gasteiger partial charge in [0.2, 0.25) is 17.7 Å². The van der Waals surface area contributed by atoms with E-state index in [2.05, 4.69) is 38.5 Å². The van der Waals surface area contributed by atoms with Crippen LogP contribution >= 0.6 is 12.6 Å². The maximum absolute atomic E-state index is 12.1. The summed E-state index contributed by atoms with van der Waals surface area (Å²) in [4.78, 5) is 53.0. The highest BCUT2D eigenvalue weighted by Crippen LogP contribution is 2.00. The molecule has 0 saturated heterocycles. The van der Waals surface area contributed by atoms with E-state index in [1.54, 1.807) is 0 Å². The number of hydrogen-bond acceptors (Lipinski definition) is 6. The Morgan fingerprint density at radius 3 is 2.36 bits per heavy atom. The monoisotopic (exact) mass is 371 g/mol. The molecule has 3 atom stereocenters. The lowest BCUT2D eigenvalue weighted by molar-refractivity contribution is -0.142. The minimum Gasteiger partial charge on any atom is -0.480 e. The smallest absolute Gasteiger partial charge is 0.326 e. The van der Waals surface area contributed by atoms with Crippen molar-refractivity contribution in [1.82, 2.24) is 25.9 Å². The van der Waals surface area contributed by atoms with Crippen molar-refractivity contribution >= 4 is 36.3 Å². The number of carboxylic acids is 1. The lowest BCUT2D eigenvalue weighted by atomic mass is 10.1. The molecule has 1 aromatic rings. The summed E-state index contributed by atoms with van der Waals surface area (Å²) < 4.78 is 0. The molecule has 25 heavy (non-hydrogen) atoms. The first-order chi connectivity index (χ1) is 11.7. The summed E-state index contributed by atoms with van der Waals surface area (Å²) in [5.74, 6) is -2.82. The molecule has 0 fully saturated rings. The van der Waals surface area contributed by atoms with Crippen LogP contribution in [0.1, 0.15) is 19.5 Å². The fourth-order valence-corrected chi connectivity index (χ4v) is 2.19. The molecule has 5 N–H and O–H groups in total. The van der Waals surface area contributed by atoms with Gasteiger partial charge in [0.25, 0.3) is 0 Å². The largest absolute Gasteiger partial charge is 0.480 e. The third kappa shape index (κ3) is 6.83. The second-order valence-electron chi connectivity index (χ2n) is 5.35. The Labute approximate surface area is 149 Å². The second kappa shape index (κ2) is 9.67. The van der Waals surface area contributed by atoms with E-state index in [1.807, 2.05) is 0 Å². The number of nitrogens with one attached hydrogen (secondary N) is 4. The van der Waals surface area contributed by atoms with Crippen LogP contribution in [0.25, 0.3) is 0 Å².